The van der Waals surface area contributed by atoms with Crippen LogP contribution in [0.5, 0.6) is 11.8 Å². The maximum atomic E-state index is 6.02. The molecule has 0 aliphatic carbocycles. The third-order valence-corrected chi connectivity index (χ3v) is 6.81. The van der Waals surface area contributed by atoms with E-state index in [4.69, 9.17) is 34.0 Å². The highest BCUT2D eigenvalue weighted by molar-refractivity contribution is 5.61. The van der Waals surface area contributed by atoms with Gasteiger partial charge in [-0.15, -0.1) is 0 Å². The van der Waals surface area contributed by atoms with Crippen LogP contribution >= 0.6 is 0 Å². The number of hydrogen-bond donors (Lipinski definition) is 0. The quantitative estimate of drug-likeness (QED) is 0.528. The summed E-state index contributed by atoms with van der Waals surface area (Å²) >= 11 is 0. The second kappa shape index (κ2) is 9.23. The van der Waals surface area contributed by atoms with Crippen LogP contribution in [0.15, 0.2) is 42.6 Å². The molecule has 5 heterocycles. The highest BCUT2D eigenvalue weighted by atomic mass is 16.5. The summed E-state index contributed by atoms with van der Waals surface area (Å²) < 4.78 is 24.8. The largest absolute Gasteiger partial charge is 0.497 e. The summed E-state index contributed by atoms with van der Waals surface area (Å²) in [6, 6.07) is 12.5. The molecule has 0 spiro atoms. The van der Waals surface area contributed by atoms with Crippen LogP contribution in [-0.2, 0) is 9.47 Å². The van der Waals surface area contributed by atoms with Crippen molar-refractivity contribution < 1.29 is 18.9 Å². The van der Waals surface area contributed by atoms with Gasteiger partial charge in [-0.2, -0.15) is 15.1 Å². The third-order valence-electron chi connectivity index (χ3n) is 6.81. The lowest BCUT2D eigenvalue weighted by Crippen LogP contribution is -2.33. The average Bonchev–Trinajstić information content (AvgIpc) is 3.67. The van der Waals surface area contributed by atoms with E-state index in [1.165, 1.54) is 0 Å². The maximum Gasteiger partial charge on any atom is 0.320 e. The summed E-state index contributed by atoms with van der Waals surface area (Å²) in [5.41, 5.74) is 1.82. The van der Waals surface area contributed by atoms with Crippen LogP contribution in [0.1, 0.15) is 25.7 Å². The van der Waals surface area contributed by atoms with Crippen molar-refractivity contribution in [2.24, 2.45) is 0 Å². The molecule has 0 amide bonds. The minimum absolute atomic E-state index is 0.0967. The van der Waals surface area contributed by atoms with Gasteiger partial charge in [0.15, 0.2) is 5.82 Å². The van der Waals surface area contributed by atoms with Crippen molar-refractivity contribution >= 4 is 5.82 Å². The smallest absolute Gasteiger partial charge is 0.320 e. The summed E-state index contributed by atoms with van der Waals surface area (Å²) in [6.45, 7) is 2.95. The zero-order valence-corrected chi connectivity index (χ0v) is 19.3. The normalized spacial score (nSPS) is 23.9. The van der Waals surface area contributed by atoms with Gasteiger partial charge in [-0.25, -0.2) is 4.68 Å². The molecule has 3 atom stereocenters. The molecule has 3 aromatic rings. The molecular formula is C25H29N5O4. The maximum absolute atomic E-state index is 6.02. The third kappa shape index (κ3) is 4.21. The van der Waals surface area contributed by atoms with E-state index in [2.05, 4.69) is 4.90 Å². The van der Waals surface area contributed by atoms with Crippen molar-refractivity contribution in [3.8, 4) is 28.8 Å². The molecule has 9 nitrogen and oxygen atoms in total. The molecule has 0 N–H and O–H groups in total. The molecule has 9 heteroatoms. The van der Waals surface area contributed by atoms with E-state index in [0.717, 1.165) is 68.3 Å². The number of nitrogens with zero attached hydrogens (tertiary/aromatic N) is 5. The first-order valence-corrected chi connectivity index (χ1v) is 12.0. The van der Waals surface area contributed by atoms with Gasteiger partial charge in [0.2, 0.25) is 0 Å². The van der Waals surface area contributed by atoms with Crippen LogP contribution in [-0.4, -0.2) is 71.5 Å². The Morgan fingerprint density at radius 2 is 1.97 bits per heavy atom. The predicted octanol–water partition coefficient (Wildman–Crippen LogP) is 3.26. The Kier molecular flexibility index (Phi) is 5.80. The standard InChI is InChI=1S/C25H29N5O4/c1-31-18-5-2-4-17(14-18)20-7-11-30(28-20)24-15-23(29-10-8-22-21(29)9-13-33-22)26-25(27-24)34-16-19-6-3-12-32-19/h2,4-5,7,11,14-15,19,21-22H,3,6,8-10,12-13,16H2,1H3. The van der Waals surface area contributed by atoms with Crippen molar-refractivity contribution in [2.45, 2.75) is 43.9 Å². The first-order valence-electron chi connectivity index (χ1n) is 12.0. The van der Waals surface area contributed by atoms with Gasteiger partial charge in [-0.3, -0.25) is 0 Å². The highest BCUT2D eigenvalue weighted by Gasteiger charge is 2.39. The monoisotopic (exact) mass is 463 g/mol. The minimum Gasteiger partial charge on any atom is -0.497 e. The Balaban J connectivity index is 1.31. The van der Waals surface area contributed by atoms with Gasteiger partial charge in [0.1, 0.15) is 18.2 Å². The van der Waals surface area contributed by atoms with Gasteiger partial charge in [0, 0.05) is 37.6 Å². The van der Waals surface area contributed by atoms with Crippen LogP contribution in [0.3, 0.4) is 0 Å². The number of anilines is 1. The van der Waals surface area contributed by atoms with Crippen LogP contribution in [0.4, 0.5) is 5.82 Å². The Hall–Kier alpha value is -3.17. The van der Waals surface area contributed by atoms with E-state index in [9.17, 15) is 0 Å². The fraction of sp³-hybridized carbons (Fsp3) is 0.480. The van der Waals surface area contributed by atoms with Gasteiger partial charge >= 0.3 is 6.01 Å². The van der Waals surface area contributed by atoms with Gasteiger partial charge in [0.25, 0.3) is 0 Å². The molecule has 0 bridgehead atoms. The van der Waals surface area contributed by atoms with Crippen LogP contribution < -0.4 is 14.4 Å². The van der Waals surface area contributed by atoms with Crippen molar-refractivity contribution in [1.82, 2.24) is 19.7 Å². The minimum atomic E-state index is 0.0967. The second-order valence-corrected chi connectivity index (χ2v) is 8.94. The van der Waals surface area contributed by atoms with Crippen molar-refractivity contribution in [3.63, 3.8) is 0 Å². The molecule has 34 heavy (non-hydrogen) atoms. The number of aromatic nitrogens is 4. The number of ether oxygens (including phenoxy) is 4. The number of fused-ring (bicyclic) bond motifs is 1. The predicted molar refractivity (Wildman–Crippen MR) is 126 cm³/mol. The zero-order valence-electron chi connectivity index (χ0n) is 19.3. The van der Waals surface area contributed by atoms with E-state index >= 15 is 0 Å². The summed E-state index contributed by atoms with van der Waals surface area (Å²) in [6.07, 6.45) is 6.38. The molecule has 3 fully saturated rings. The topological polar surface area (TPSA) is 83.8 Å². The number of rotatable bonds is 7. The molecule has 1 aromatic carbocycles. The lowest BCUT2D eigenvalue weighted by Gasteiger charge is -2.24. The van der Waals surface area contributed by atoms with Crippen molar-refractivity contribution in [1.29, 1.82) is 0 Å². The lowest BCUT2D eigenvalue weighted by atomic mass is 10.1. The molecule has 6 rings (SSSR count). The Morgan fingerprint density at radius 1 is 1.03 bits per heavy atom. The summed E-state index contributed by atoms with van der Waals surface area (Å²) in [4.78, 5) is 11.8. The number of methoxy groups -OCH3 is 1. The SMILES string of the molecule is COc1cccc(-c2ccn(-c3cc(N4CCC5OCCC54)nc(OCC4CCCO4)n3)n2)c1. The van der Waals surface area contributed by atoms with Crippen molar-refractivity contribution in [3.05, 3.63) is 42.6 Å². The molecular weight excluding hydrogens is 434 g/mol. The average molecular weight is 464 g/mol. The van der Waals surface area contributed by atoms with Gasteiger partial charge in [-0.1, -0.05) is 12.1 Å². The van der Waals surface area contributed by atoms with Crippen LogP contribution in [0.25, 0.3) is 17.1 Å². The van der Waals surface area contributed by atoms with Gasteiger partial charge in [-0.05, 0) is 43.9 Å². The number of hydrogen-bond acceptors (Lipinski definition) is 8. The molecule has 3 aliphatic heterocycles. The Morgan fingerprint density at radius 3 is 2.85 bits per heavy atom. The van der Waals surface area contributed by atoms with Gasteiger partial charge in [0.05, 0.1) is 31.1 Å². The first-order chi connectivity index (χ1) is 16.8. The Labute approximate surface area is 198 Å². The molecule has 0 saturated carbocycles. The molecule has 3 aliphatic rings. The zero-order chi connectivity index (χ0) is 22.9. The fourth-order valence-corrected chi connectivity index (χ4v) is 5.05. The molecule has 3 saturated heterocycles. The lowest BCUT2D eigenvalue weighted by molar-refractivity contribution is 0.0645. The second-order valence-electron chi connectivity index (χ2n) is 8.94. The Bertz CT molecular complexity index is 1150. The molecule has 0 radical (unpaired) electrons. The molecule has 178 valence electrons. The van der Waals surface area contributed by atoms with E-state index in [-0.39, 0.29) is 12.2 Å². The molecule has 3 unspecified atom stereocenters. The van der Waals surface area contributed by atoms with Crippen molar-refractivity contribution in [2.75, 3.05) is 38.4 Å². The highest BCUT2D eigenvalue weighted by Crippen LogP contribution is 2.34. The van der Waals surface area contributed by atoms with E-state index in [1.807, 2.05) is 42.6 Å². The van der Waals surface area contributed by atoms with Crippen LogP contribution in [0, 0.1) is 0 Å². The fourth-order valence-electron chi connectivity index (χ4n) is 5.05. The summed E-state index contributed by atoms with van der Waals surface area (Å²) in [5, 5.41) is 4.79. The molecule has 2 aromatic heterocycles. The van der Waals surface area contributed by atoms with Crippen LogP contribution in [0.2, 0.25) is 0 Å². The first kappa shape index (κ1) is 21.4. The van der Waals surface area contributed by atoms with E-state index in [0.29, 0.717) is 24.5 Å². The van der Waals surface area contributed by atoms with E-state index in [1.54, 1.807) is 11.8 Å². The summed E-state index contributed by atoms with van der Waals surface area (Å²) in [7, 11) is 1.66. The van der Waals surface area contributed by atoms with Gasteiger partial charge < -0.3 is 23.8 Å². The number of benzene rings is 1. The summed E-state index contributed by atoms with van der Waals surface area (Å²) in [5.74, 6) is 2.32. The van der Waals surface area contributed by atoms with E-state index < -0.39 is 0 Å².